The van der Waals surface area contributed by atoms with E-state index in [0.29, 0.717) is 29.0 Å². The molecule has 0 spiro atoms. The minimum Gasteiger partial charge on any atom is -0.379 e. The van der Waals surface area contributed by atoms with Crippen molar-refractivity contribution in [3.63, 3.8) is 0 Å². The van der Waals surface area contributed by atoms with E-state index in [1.54, 1.807) is 0 Å². The average molecular weight is 506 g/mol. The fourth-order valence-corrected chi connectivity index (χ4v) is 5.58. The molecule has 5 nitrogen and oxygen atoms in total. The van der Waals surface area contributed by atoms with Crippen molar-refractivity contribution >= 4 is 27.5 Å². The number of fused-ring (bicyclic) bond motifs is 3. The van der Waals surface area contributed by atoms with Crippen molar-refractivity contribution < 1.29 is 13.9 Å². The van der Waals surface area contributed by atoms with Gasteiger partial charge in [0.05, 0.1) is 17.9 Å². The molecule has 2 heterocycles. The van der Waals surface area contributed by atoms with Gasteiger partial charge in [-0.25, -0.2) is 4.39 Å². The highest BCUT2D eigenvalue weighted by Gasteiger charge is 2.44. The van der Waals surface area contributed by atoms with E-state index < -0.39 is 0 Å². The normalized spacial score (nSPS) is 28.7. The molecule has 1 fully saturated rings. The quantitative estimate of drug-likeness (QED) is 0.558. The molecule has 2 N–H and O–H groups in total. The van der Waals surface area contributed by atoms with Crippen LogP contribution in [-0.2, 0) is 9.53 Å². The van der Waals surface area contributed by atoms with E-state index in [4.69, 9.17) is 4.74 Å². The number of halogens is 2. The number of benzene rings is 1. The number of carbonyl (C=O) groups is 1. The predicted molar refractivity (Wildman–Crippen MR) is 129 cm³/mol. The molecule has 1 aliphatic carbocycles. The lowest BCUT2D eigenvalue weighted by atomic mass is 9.73. The van der Waals surface area contributed by atoms with E-state index in [2.05, 4.69) is 55.8 Å². The van der Waals surface area contributed by atoms with Crippen LogP contribution in [0.4, 0.5) is 10.1 Å². The summed E-state index contributed by atoms with van der Waals surface area (Å²) in [5, 5.41) is 6.57. The highest BCUT2D eigenvalue weighted by molar-refractivity contribution is 9.10. The van der Waals surface area contributed by atoms with Gasteiger partial charge in [-0.2, -0.15) is 0 Å². The number of nitrogens with one attached hydrogen (secondary N) is 2. The summed E-state index contributed by atoms with van der Waals surface area (Å²) in [6.45, 7) is 1.40. The first-order valence-electron chi connectivity index (χ1n) is 11.6. The molecule has 1 aromatic carbocycles. The summed E-state index contributed by atoms with van der Waals surface area (Å²) < 4.78 is 22.2. The van der Waals surface area contributed by atoms with Gasteiger partial charge >= 0.3 is 0 Å². The summed E-state index contributed by atoms with van der Waals surface area (Å²) in [6.07, 6.45) is 12.4. The Morgan fingerprint density at radius 2 is 2.16 bits per heavy atom. The van der Waals surface area contributed by atoms with E-state index >= 15 is 0 Å². The van der Waals surface area contributed by atoms with Crippen LogP contribution in [-0.4, -0.2) is 50.1 Å². The molecule has 1 aromatic rings. The average Bonchev–Trinajstić information content (AvgIpc) is 2.77. The summed E-state index contributed by atoms with van der Waals surface area (Å²) in [4.78, 5) is 14.3. The third-order valence-corrected chi connectivity index (χ3v) is 7.18. The molecule has 0 saturated carbocycles. The molecule has 3 aliphatic rings. The number of hydrogen-bond acceptors (Lipinski definition) is 4. The SMILES string of the molecule is CN(C)CCCC(=O)NC[C@H]1CC[C@@H]2[C@H](O1)c1cc(Br)cc(F)c1N[C@H]2C1C=CC=CC1. The van der Waals surface area contributed by atoms with Crippen molar-refractivity contribution in [3.05, 3.63) is 52.3 Å². The van der Waals surface area contributed by atoms with Crippen molar-refractivity contribution in [2.24, 2.45) is 11.8 Å². The molecular formula is C25H33BrFN3O2. The molecule has 7 heteroatoms. The zero-order chi connectivity index (χ0) is 22.7. The first-order valence-corrected chi connectivity index (χ1v) is 12.4. The Balaban J connectivity index is 1.46. The Labute approximate surface area is 198 Å². The highest BCUT2D eigenvalue weighted by Crippen LogP contribution is 2.49. The fraction of sp³-hybridized carbons (Fsp3) is 0.560. The smallest absolute Gasteiger partial charge is 0.220 e. The van der Waals surface area contributed by atoms with Crippen LogP contribution in [0.25, 0.3) is 0 Å². The maximum Gasteiger partial charge on any atom is 0.220 e. The van der Waals surface area contributed by atoms with Gasteiger partial charge < -0.3 is 20.3 Å². The number of ether oxygens (including phenoxy) is 1. The van der Waals surface area contributed by atoms with Crippen molar-refractivity contribution in [3.8, 4) is 0 Å². The second-order valence-corrected chi connectivity index (χ2v) is 10.3. The third kappa shape index (κ3) is 5.43. The van der Waals surface area contributed by atoms with Crippen LogP contribution in [0.1, 0.15) is 43.8 Å². The summed E-state index contributed by atoms with van der Waals surface area (Å²) in [5.41, 5.74) is 1.42. The zero-order valence-corrected chi connectivity index (χ0v) is 20.4. The van der Waals surface area contributed by atoms with E-state index in [9.17, 15) is 9.18 Å². The predicted octanol–water partition coefficient (Wildman–Crippen LogP) is 4.81. The van der Waals surface area contributed by atoms with Crippen LogP contribution in [0.5, 0.6) is 0 Å². The summed E-state index contributed by atoms with van der Waals surface area (Å²) in [5.74, 6) is 0.367. The van der Waals surface area contributed by atoms with Crippen LogP contribution in [0.3, 0.4) is 0 Å². The van der Waals surface area contributed by atoms with Gasteiger partial charge in [0, 0.05) is 40.9 Å². The van der Waals surface area contributed by atoms with Crippen molar-refractivity contribution in [1.82, 2.24) is 10.2 Å². The van der Waals surface area contributed by atoms with Crippen LogP contribution >= 0.6 is 15.9 Å². The number of hydrogen-bond donors (Lipinski definition) is 2. The number of rotatable bonds is 7. The first kappa shape index (κ1) is 23.5. The van der Waals surface area contributed by atoms with Gasteiger partial charge in [-0.05, 0) is 58.5 Å². The zero-order valence-electron chi connectivity index (χ0n) is 18.8. The van der Waals surface area contributed by atoms with Crippen LogP contribution in [0, 0.1) is 17.7 Å². The lowest BCUT2D eigenvalue weighted by molar-refractivity contribution is -0.124. The Bertz CT molecular complexity index is 888. The number of nitrogens with zero attached hydrogens (tertiary/aromatic N) is 1. The Morgan fingerprint density at radius 1 is 1.31 bits per heavy atom. The van der Waals surface area contributed by atoms with Gasteiger partial charge in [0.15, 0.2) is 0 Å². The molecule has 2 aliphatic heterocycles. The van der Waals surface area contributed by atoms with Crippen LogP contribution in [0.15, 0.2) is 40.9 Å². The van der Waals surface area contributed by atoms with E-state index in [1.165, 1.54) is 6.07 Å². The number of allylic oxidation sites excluding steroid dienone is 3. The van der Waals surface area contributed by atoms with Gasteiger partial charge in [-0.15, -0.1) is 0 Å². The van der Waals surface area contributed by atoms with Gasteiger partial charge in [-0.3, -0.25) is 4.79 Å². The number of amides is 1. The second kappa shape index (κ2) is 10.5. The van der Waals surface area contributed by atoms with Crippen LogP contribution in [0.2, 0.25) is 0 Å². The van der Waals surface area contributed by atoms with Crippen molar-refractivity contribution in [2.45, 2.75) is 50.4 Å². The lowest BCUT2D eigenvalue weighted by Crippen LogP contribution is -2.48. The molecule has 0 radical (unpaired) electrons. The Morgan fingerprint density at radius 3 is 2.91 bits per heavy atom. The molecule has 4 rings (SSSR count). The lowest BCUT2D eigenvalue weighted by Gasteiger charge is -2.47. The molecule has 32 heavy (non-hydrogen) atoms. The molecule has 1 saturated heterocycles. The topological polar surface area (TPSA) is 53.6 Å². The maximum absolute atomic E-state index is 14.9. The third-order valence-electron chi connectivity index (χ3n) is 6.73. The molecular weight excluding hydrogens is 473 g/mol. The van der Waals surface area contributed by atoms with Crippen molar-refractivity contribution in [1.29, 1.82) is 0 Å². The second-order valence-electron chi connectivity index (χ2n) is 9.37. The molecule has 0 aromatic heterocycles. The summed E-state index contributed by atoms with van der Waals surface area (Å²) >= 11 is 3.44. The maximum atomic E-state index is 14.9. The molecule has 1 unspecified atom stereocenters. The molecule has 0 bridgehead atoms. The fourth-order valence-electron chi connectivity index (χ4n) is 5.13. The minimum atomic E-state index is -0.256. The molecule has 5 atom stereocenters. The van der Waals surface area contributed by atoms with E-state index in [1.807, 2.05) is 20.2 Å². The molecule has 1 amide bonds. The monoisotopic (exact) mass is 505 g/mol. The van der Waals surface area contributed by atoms with E-state index in [0.717, 1.165) is 37.8 Å². The Kier molecular flexibility index (Phi) is 7.69. The highest BCUT2D eigenvalue weighted by atomic mass is 79.9. The first-order chi connectivity index (χ1) is 15.4. The standard InChI is InChI=1S/C25H33BrFN3O2/c1-30(2)12-6-9-22(31)28-15-18-10-11-19-23(16-7-4-3-5-8-16)29-24-20(25(19)32-18)13-17(26)14-21(24)27/h3-5,7,13-14,16,18-19,23,25,29H,6,8-12,15H2,1-2H3,(H,28,31)/t16?,18-,19+,23+,25+/m1/s1. The summed E-state index contributed by atoms with van der Waals surface area (Å²) in [7, 11) is 4.02. The number of anilines is 1. The van der Waals surface area contributed by atoms with Crippen molar-refractivity contribution in [2.75, 3.05) is 32.5 Å². The van der Waals surface area contributed by atoms with Gasteiger partial charge in [0.2, 0.25) is 5.91 Å². The van der Waals surface area contributed by atoms with Gasteiger partial charge in [0.25, 0.3) is 0 Å². The Hall–Kier alpha value is -1.70. The number of carbonyl (C=O) groups excluding carboxylic acids is 1. The summed E-state index contributed by atoms with van der Waals surface area (Å²) in [6, 6.07) is 3.60. The van der Waals surface area contributed by atoms with Gasteiger partial charge in [0.1, 0.15) is 5.82 Å². The largest absolute Gasteiger partial charge is 0.379 e. The minimum absolute atomic E-state index is 0.0640. The molecule has 174 valence electrons. The van der Waals surface area contributed by atoms with E-state index in [-0.39, 0.29) is 35.9 Å². The van der Waals surface area contributed by atoms with Crippen LogP contribution < -0.4 is 10.6 Å². The van der Waals surface area contributed by atoms with Gasteiger partial charge in [-0.1, -0.05) is 40.2 Å².